The van der Waals surface area contributed by atoms with Crippen molar-refractivity contribution in [2.24, 2.45) is 0 Å². The maximum atomic E-state index is 0. The van der Waals surface area contributed by atoms with Crippen molar-refractivity contribution in [1.82, 2.24) is 0 Å². The van der Waals surface area contributed by atoms with E-state index in [1.807, 2.05) is 0 Å². The summed E-state index contributed by atoms with van der Waals surface area (Å²) in [6.07, 6.45) is 0. The second-order valence-corrected chi connectivity index (χ2v) is 0. The molecule has 0 bridgehead atoms. The molecular weight excluding hydrogens is 748 g/mol. The van der Waals surface area contributed by atoms with Gasteiger partial charge in [0, 0.05) is 85.6 Å². The standard InChI is InChI=1S/Au.3W. The Kier molecular flexibility index (Phi) is 124. The fraction of sp³-hybridized carbons (Fsp3) is 0. The van der Waals surface area contributed by atoms with Crippen LogP contribution in [0.25, 0.3) is 0 Å². The Bertz CT molecular complexity index is 3.25. The normalized spacial score (nSPS) is 0. The van der Waals surface area contributed by atoms with Gasteiger partial charge in [0.2, 0.25) is 0 Å². The van der Waals surface area contributed by atoms with Gasteiger partial charge in [0.25, 0.3) is 0 Å². The van der Waals surface area contributed by atoms with E-state index in [-0.39, 0.29) is 85.6 Å². The zero-order chi connectivity index (χ0) is 0. The van der Waals surface area contributed by atoms with Crippen LogP contribution in [-0.4, -0.2) is 0 Å². The molecule has 0 aromatic heterocycles. The Morgan fingerprint density at radius 3 is 0.500 bits per heavy atom. The molecule has 0 saturated carbocycles. The van der Waals surface area contributed by atoms with Crippen molar-refractivity contribution in [2.75, 3.05) is 0 Å². The van der Waals surface area contributed by atoms with Gasteiger partial charge in [0.1, 0.15) is 0 Å². The maximum absolute atomic E-state index is 0. The molecule has 0 atom stereocenters. The molecule has 0 nitrogen and oxygen atoms in total. The van der Waals surface area contributed by atoms with E-state index < -0.39 is 0 Å². The van der Waals surface area contributed by atoms with E-state index >= 15 is 0 Å². The number of rotatable bonds is 0. The summed E-state index contributed by atoms with van der Waals surface area (Å²) in [6, 6.07) is 0. The average Bonchev–Trinajstić information content (AvgIpc) is 0. The Hall–Kier alpha value is 2.81. The second kappa shape index (κ2) is 17.0. The van der Waals surface area contributed by atoms with Gasteiger partial charge in [-0.05, 0) is 0 Å². The van der Waals surface area contributed by atoms with Crippen LogP contribution in [0.5, 0.6) is 0 Å². The summed E-state index contributed by atoms with van der Waals surface area (Å²) in [5.41, 5.74) is 0. The molecule has 29 valence electrons. The Labute approximate surface area is 84.2 Å². The van der Waals surface area contributed by atoms with Gasteiger partial charge < -0.3 is 0 Å². The number of hydrogen-bond acceptors (Lipinski definition) is 0. The summed E-state index contributed by atoms with van der Waals surface area (Å²) in [7, 11) is 0. The fourth-order valence-corrected chi connectivity index (χ4v) is 0. The molecule has 0 spiro atoms. The molecule has 0 aliphatic heterocycles. The minimum absolute atomic E-state index is 0. The quantitative estimate of drug-likeness (QED) is 0.307. The molecule has 0 unspecified atom stereocenters. The average molecular weight is 748 g/mol. The predicted molar refractivity (Wildman–Crippen MR) is 0 cm³/mol. The van der Waals surface area contributed by atoms with Crippen LogP contribution < -0.4 is 0 Å². The second-order valence-electron chi connectivity index (χ2n) is 0. The molecule has 0 aromatic carbocycles. The summed E-state index contributed by atoms with van der Waals surface area (Å²) < 4.78 is 0. The summed E-state index contributed by atoms with van der Waals surface area (Å²) >= 11 is 0. The van der Waals surface area contributed by atoms with Crippen LogP contribution in [-0.2, 0) is 85.6 Å². The Morgan fingerprint density at radius 2 is 0.500 bits per heavy atom. The first-order valence-electron chi connectivity index (χ1n) is 0. The largest absolute Gasteiger partial charge is 0 e. The Morgan fingerprint density at radius 1 is 0.500 bits per heavy atom. The van der Waals surface area contributed by atoms with Gasteiger partial charge in [0.05, 0.1) is 0 Å². The van der Waals surface area contributed by atoms with Crippen molar-refractivity contribution in [1.29, 1.82) is 0 Å². The fourth-order valence-electron chi connectivity index (χ4n) is 0. The zero-order valence-electron chi connectivity index (χ0n) is 1.53. The molecule has 4 heteroatoms. The molecule has 0 rings (SSSR count). The van der Waals surface area contributed by atoms with Crippen LogP contribution in [0.4, 0.5) is 0 Å². The van der Waals surface area contributed by atoms with E-state index in [2.05, 4.69) is 0 Å². The van der Waals surface area contributed by atoms with Crippen molar-refractivity contribution >= 4 is 0 Å². The van der Waals surface area contributed by atoms with Crippen LogP contribution in [0, 0.1) is 0 Å². The van der Waals surface area contributed by atoms with Crippen LogP contribution in [0.3, 0.4) is 0 Å². The van der Waals surface area contributed by atoms with Gasteiger partial charge in [-0.1, -0.05) is 0 Å². The minimum Gasteiger partial charge on any atom is 0 e. The van der Waals surface area contributed by atoms with E-state index in [9.17, 15) is 0 Å². The number of hydrogen-bond donors (Lipinski definition) is 0. The SMILES string of the molecule is [Au].[W].[W].[W]. The van der Waals surface area contributed by atoms with Gasteiger partial charge in [-0.25, -0.2) is 0 Å². The molecule has 0 heterocycles. The molecule has 4 heavy (non-hydrogen) atoms. The first kappa shape index (κ1) is 29.1. The van der Waals surface area contributed by atoms with E-state index in [0.29, 0.717) is 0 Å². The molecule has 0 fully saturated rings. The predicted octanol–water partition coefficient (Wildman–Crippen LogP) is -0.0100. The van der Waals surface area contributed by atoms with Gasteiger partial charge in [-0.3, -0.25) is 0 Å². The van der Waals surface area contributed by atoms with Gasteiger partial charge >= 0.3 is 0 Å². The summed E-state index contributed by atoms with van der Waals surface area (Å²) in [5.74, 6) is 0. The molecule has 0 N–H and O–H groups in total. The van der Waals surface area contributed by atoms with Crippen molar-refractivity contribution in [3.8, 4) is 0 Å². The van der Waals surface area contributed by atoms with Crippen molar-refractivity contribution in [3.63, 3.8) is 0 Å². The third-order valence-electron chi connectivity index (χ3n) is 0. The summed E-state index contributed by atoms with van der Waals surface area (Å²) in [4.78, 5) is 0. The van der Waals surface area contributed by atoms with E-state index in [0.717, 1.165) is 0 Å². The van der Waals surface area contributed by atoms with E-state index in [1.165, 1.54) is 0 Å². The van der Waals surface area contributed by atoms with E-state index in [4.69, 9.17) is 0 Å². The molecule has 0 aliphatic carbocycles. The smallest absolute Gasteiger partial charge is 0 e. The molecule has 0 aromatic rings. The Balaban J connectivity index is 0. The van der Waals surface area contributed by atoms with E-state index in [1.54, 1.807) is 0 Å². The first-order valence-corrected chi connectivity index (χ1v) is 0. The third-order valence-corrected chi connectivity index (χ3v) is 0. The van der Waals surface area contributed by atoms with Crippen LogP contribution in [0.15, 0.2) is 0 Å². The van der Waals surface area contributed by atoms with Gasteiger partial charge in [-0.15, -0.1) is 0 Å². The zero-order valence-corrected chi connectivity index (χ0v) is 12.5. The third kappa shape index (κ3) is 8.84. The topological polar surface area (TPSA) is 0 Å². The van der Waals surface area contributed by atoms with Crippen molar-refractivity contribution < 1.29 is 85.6 Å². The summed E-state index contributed by atoms with van der Waals surface area (Å²) in [6.45, 7) is 0. The van der Waals surface area contributed by atoms with Gasteiger partial charge in [0.15, 0.2) is 0 Å². The van der Waals surface area contributed by atoms with Crippen LogP contribution in [0.1, 0.15) is 0 Å². The van der Waals surface area contributed by atoms with Crippen molar-refractivity contribution in [3.05, 3.63) is 0 Å². The minimum atomic E-state index is 0. The molecule has 0 amide bonds. The monoisotopic (exact) mass is 749 g/mol. The van der Waals surface area contributed by atoms with Gasteiger partial charge in [-0.2, -0.15) is 0 Å². The first-order chi connectivity index (χ1) is 0. The maximum Gasteiger partial charge on any atom is 0 e. The van der Waals surface area contributed by atoms with Crippen LogP contribution >= 0.6 is 0 Å². The summed E-state index contributed by atoms with van der Waals surface area (Å²) in [5, 5.41) is 0. The van der Waals surface area contributed by atoms with Crippen molar-refractivity contribution in [2.45, 2.75) is 0 Å². The molecule has 0 saturated heterocycles. The van der Waals surface area contributed by atoms with Crippen LogP contribution in [0.2, 0.25) is 0 Å². The molecule has 0 aliphatic rings. The molecular formula is AuW3. The molecule has 1 radical (unpaired) electrons.